The van der Waals surface area contributed by atoms with Gasteiger partial charge in [-0.05, 0) is 24.6 Å². The second kappa shape index (κ2) is 8.39. The van der Waals surface area contributed by atoms with Crippen LogP contribution in [0.2, 0.25) is 0 Å². The van der Waals surface area contributed by atoms with Gasteiger partial charge in [0, 0.05) is 24.8 Å². The van der Waals surface area contributed by atoms with Crippen LogP contribution in [0.4, 0.5) is 23.8 Å². The third kappa shape index (κ3) is 4.28. The number of pyridine rings is 1. The maximum Gasteiger partial charge on any atom is 0.405 e. The molecule has 0 radical (unpaired) electrons. The normalized spacial score (nSPS) is 21.3. The molecule has 0 saturated carbocycles. The second-order valence-electron chi connectivity index (χ2n) is 8.03. The molecule has 3 amide bonds. The van der Waals surface area contributed by atoms with Gasteiger partial charge in [0.05, 0.1) is 17.9 Å². The summed E-state index contributed by atoms with van der Waals surface area (Å²) < 4.78 is 42.8. The molecule has 178 valence electrons. The number of aromatic nitrogens is 2. The van der Waals surface area contributed by atoms with Crippen LogP contribution < -0.4 is 16.0 Å². The number of dihydropyridines is 1. The van der Waals surface area contributed by atoms with Crippen LogP contribution in [0, 0.1) is 0 Å². The van der Waals surface area contributed by atoms with E-state index in [1.54, 1.807) is 18.2 Å². The number of amides is 3. The molecule has 2 bridgehead atoms. The summed E-state index contributed by atoms with van der Waals surface area (Å²) >= 11 is 0. The fourth-order valence-electron chi connectivity index (χ4n) is 4.24. The molecule has 0 aliphatic carbocycles. The minimum Gasteiger partial charge on any atom is -0.444 e. The number of fused-ring (bicyclic) bond motifs is 3. The number of nitrogens with one attached hydrogen (secondary N) is 3. The van der Waals surface area contributed by atoms with Gasteiger partial charge in [-0.15, -0.1) is 0 Å². The van der Waals surface area contributed by atoms with Crippen molar-refractivity contribution >= 4 is 17.8 Å². The number of rotatable bonds is 4. The van der Waals surface area contributed by atoms with E-state index in [9.17, 15) is 22.8 Å². The van der Waals surface area contributed by atoms with E-state index in [1.165, 1.54) is 29.8 Å². The highest BCUT2D eigenvalue weighted by Crippen LogP contribution is 2.33. The predicted molar refractivity (Wildman–Crippen MR) is 113 cm³/mol. The first kappa shape index (κ1) is 21.8. The Kier molecular flexibility index (Phi) is 5.38. The van der Waals surface area contributed by atoms with Gasteiger partial charge < -0.3 is 20.0 Å². The van der Waals surface area contributed by atoms with E-state index < -0.39 is 30.7 Å². The molecule has 0 aromatic carbocycles. The summed E-state index contributed by atoms with van der Waals surface area (Å²) in [5.41, 5.74) is 1.38. The van der Waals surface area contributed by atoms with E-state index in [1.807, 2.05) is 5.32 Å². The summed E-state index contributed by atoms with van der Waals surface area (Å²) in [5.74, 6) is 0.327. The Hall–Kier alpha value is -4.03. The number of halogens is 3. The van der Waals surface area contributed by atoms with Gasteiger partial charge in [-0.2, -0.15) is 13.2 Å². The van der Waals surface area contributed by atoms with Crippen LogP contribution in [-0.4, -0.2) is 69.6 Å². The number of oxazole rings is 1. The second-order valence-corrected chi connectivity index (χ2v) is 8.03. The molecule has 3 aliphatic heterocycles. The molecule has 2 atom stereocenters. The van der Waals surface area contributed by atoms with Crippen LogP contribution in [0.25, 0.3) is 11.3 Å². The molecule has 2 aromatic rings. The highest BCUT2D eigenvalue weighted by Gasteiger charge is 2.43. The number of nitrogens with zero attached hydrogens (tertiary/aromatic N) is 4. The summed E-state index contributed by atoms with van der Waals surface area (Å²) in [4.78, 5) is 37.3. The molecule has 0 spiro atoms. The SMILES string of the molecule is O=C(NCC(F)(F)F)C1C=CC2=C(N1)N(C(=O)Nc1cc(-c3cnco3)ccn1)[C@H]1CCN2C1. The Morgan fingerprint density at radius 2 is 2.18 bits per heavy atom. The Bertz CT molecular complexity index is 1160. The monoisotopic (exact) mass is 475 g/mol. The van der Waals surface area contributed by atoms with E-state index in [0.29, 0.717) is 42.4 Å². The van der Waals surface area contributed by atoms with E-state index in [-0.39, 0.29) is 11.9 Å². The van der Waals surface area contributed by atoms with Crippen LogP contribution in [0.5, 0.6) is 0 Å². The number of carbonyl (C=O) groups is 2. The van der Waals surface area contributed by atoms with Gasteiger partial charge in [0.2, 0.25) is 5.91 Å². The maximum absolute atomic E-state index is 13.3. The number of anilines is 1. The van der Waals surface area contributed by atoms with Gasteiger partial charge in [-0.1, -0.05) is 6.08 Å². The molecule has 13 heteroatoms. The minimum absolute atomic E-state index is 0.172. The lowest BCUT2D eigenvalue weighted by molar-refractivity contribution is -0.138. The fourth-order valence-corrected chi connectivity index (χ4v) is 4.24. The molecule has 2 aromatic heterocycles. The van der Waals surface area contributed by atoms with Crippen molar-refractivity contribution in [2.24, 2.45) is 0 Å². The predicted octanol–water partition coefficient (Wildman–Crippen LogP) is 2.03. The van der Waals surface area contributed by atoms with Crippen molar-refractivity contribution in [1.82, 2.24) is 30.4 Å². The first-order valence-corrected chi connectivity index (χ1v) is 10.5. The molecule has 1 fully saturated rings. The summed E-state index contributed by atoms with van der Waals surface area (Å²) in [5, 5.41) is 7.58. The molecule has 1 saturated heterocycles. The quantitative estimate of drug-likeness (QED) is 0.620. The molecule has 5 rings (SSSR count). The van der Waals surface area contributed by atoms with E-state index >= 15 is 0 Å². The molecule has 10 nitrogen and oxygen atoms in total. The van der Waals surface area contributed by atoms with Crippen molar-refractivity contribution in [3.8, 4) is 11.3 Å². The first-order valence-electron chi connectivity index (χ1n) is 10.5. The smallest absolute Gasteiger partial charge is 0.405 e. The summed E-state index contributed by atoms with van der Waals surface area (Å²) in [6, 6.07) is 1.65. The summed E-state index contributed by atoms with van der Waals surface area (Å²) in [6.07, 6.45) is 3.69. The number of carbonyl (C=O) groups excluding carboxylic acids is 2. The lowest BCUT2D eigenvalue weighted by Crippen LogP contribution is -2.56. The molecule has 3 N–H and O–H groups in total. The van der Waals surface area contributed by atoms with Crippen molar-refractivity contribution in [2.75, 3.05) is 25.0 Å². The Morgan fingerprint density at radius 3 is 2.94 bits per heavy atom. The van der Waals surface area contributed by atoms with Gasteiger partial charge in [-0.3, -0.25) is 15.0 Å². The summed E-state index contributed by atoms with van der Waals surface area (Å²) in [6.45, 7) is -0.117. The lowest BCUT2D eigenvalue weighted by atomic mass is 10.1. The highest BCUT2D eigenvalue weighted by molar-refractivity contribution is 5.91. The zero-order valence-corrected chi connectivity index (χ0v) is 17.7. The molecular weight excluding hydrogens is 455 g/mol. The van der Waals surface area contributed by atoms with Crippen molar-refractivity contribution in [3.05, 3.63) is 54.6 Å². The van der Waals surface area contributed by atoms with Crippen molar-refractivity contribution < 1.29 is 27.2 Å². The number of hydrogen-bond acceptors (Lipinski definition) is 7. The Morgan fingerprint density at radius 1 is 1.32 bits per heavy atom. The van der Waals surface area contributed by atoms with Gasteiger partial charge in [0.15, 0.2) is 12.2 Å². The van der Waals surface area contributed by atoms with E-state index in [4.69, 9.17) is 4.42 Å². The minimum atomic E-state index is -4.52. The average Bonchev–Trinajstić information content (AvgIpc) is 3.48. The first-order chi connectivity index (χ1) is 16.3. The van der Waals surface area contributed by atoms with Gasteiger partial charge in [0.25, 0.3) is 0 Å². The third-order valence-corrected chi connectivity index (χ3v) is 5.77. The third-order valence-electron chi connectivity index (χ3n) is 5.77. The topological polar surface area (TPSA) is 116 Å². The largest absolute Gasteiger partial charge is 0.444 e. The summed E-state index contributed by atoms with van der Waals surface area (Å²) in [7, 11) is 0. The van der Waals surface area contributed by atoms with Crippen LogP contribution in [0.1, 0.15) is 6.42 Å². The van der Waals surface area contributed by atoms with Crippen molar-refractivity contribution in [1.29, 1.82) is 0 Å². The molecule has 34 heavy (non-hydrogen) atoms. The number of alkyl halides is 3. The van der Waals surface area contributed by atoms with Gasteiger partial charge >= 0.3 is 12.2 Å². The average molecular weight is 475 g/mol. The van der Waals surface area contributed by atoms with E-state index in [2.05, 4.69) is 25.5 Å². The zero-order chi connectivity index (χ0) is 23.9. The number of urea groups is 1. The Balaban J connectivity index is 1.35. The molecule has 5 heterocycles. The fraction of sp³-hybridized carbons (Fsp3) is 0.333. The Labute approximate surface area is 191 Å². The number of allylic oxidation sites excluding steroid dienone is 1. The van der Waals surface area contributed by atoms with Crippen LogP contribution >= 0.6 is 0 Å². The molecule has 1 unspecified atom stereocenters. The zero-order valence-electron chi connectivity index (χ0n) is 17.7. The van der Waals surface area contributed by atoms with E-state index in [0.717, 1.165) is 0 Å². The van der Waals surface area contributed by atoms with Gasteiger partial charge in [0.1, 0.15) is 24.2 Å². The van der Waals surface area contributed by atoms with Gasteiger partial charge in [-0.25, -0.2) is 14.8 Å². The number of hydrogen-bond donors (Lipinski definition) is 3. The van der Waals surface area contributed by atoms with Crippen LogP contribution in [0.3, 0.4) is 0 Å². The highest BCUT2D eigenvalue weighted by atomic mass is 19.4. The molecular formula is C21H20F3N7O3. The van der Waals surface area contributed by atoms with Crippen LogP contribution in [-0.2, 0) is 4.79 Å². The van der Waals surface area contributed by atoms with Crippen LogP contribution in [0.15, 0.2) is 59.0 Å². The molecule has 3 aliphatic rings. The standard InChI is InChI=1S/C21H20F3N7O3/c22-21(23,24)10-27-19(32)14-1-2-15-18(28-14)31(13-4-6-30(15)9-13)20(33)29-17-7-12(3-5-26-17)16-8-25-11-34-16/h1-3,5,7-8,11,13-14,28H,4,6,9-10H2,(H,27,32)(H,26,29,33)/t13-,14?/m0/s1. The maximum atomic E-state index is 13.3. The van der Waals surface area contributed by atoms with Crippen molar-refractivity contribution in [3.63, 3.8) is 0 Å². The van der Waals surface area contributed by atoms with Crippen molar-refractivity contribution in [2.45, 2.75) is 24.7 Å². The lowest BCUT2D eigenvalue weighted by Gasteiger charge is -2.40.